The first-order valence-corrected chi connectivity index (χ1v) is 14.9. The topological polar surface area (TPSA) is 40.5 Å². The minimum Gasteiger partial charge on any atom is -0.506 e. The maximum atomic E-state index is 10.7. The summed E-state index contributed by atoms with van der Waals surface area (Å²) in [6.07, 6.45) is 8.61. The molecule has 34 heavy (non-hydrogen) atoms. The monoisotopic (exact) mass is 618 g/mol. The molecule has 0 radical (unpaired) electrons. The third kappa shape index (κ3) is 5.96. The fourth-order valence-corrected chi connectivity index (χ4v) is 7.59. The fraction of sp³-hybridized carbons (Fsp3) is 0.286. The molecule has 0 bridgehead atoms. The Kier molecular flexibility index (Phi) is 8.92. The first-order valence-electron chi connectivity index (χ1n) is 11.7. The SMILES string of the molecule is CCCCCCCCc1cc(O)c(-c2cc(Br)c(-c3sc(-c4ccccc4)cc3O)cc2Br)s1. The van der Waals surface area contributed by atoms with Crippen LogP contribution in [0.2, 0.25) is 0 Å². The minimum absolute atomic E-state index is 0.268. The van der Waals surface area contributed by atoms with Gasteiger partial charge in [-0.15, -0.1) is 22.7 Å². The van der Waals surface area contributed by atoms with E-state index >= 15 is 0 Å². The summed E-state index contributed by atoms with van der Waals surface area (Å²) in [4.78, 5) is 3.94. The number of benzene rings is 2. The highest BCUT2D eigenvalue weighted by Gasteiger charge is 2.19. The molecule has 2 N–H and O–H groups in total. The van der Waals surface area contributed by atoms with Crippen LogP contribution in [0.3, 0.4) is 0 Å². The molecular formula is C28H28Br2O2S2. The van der Waals surface area contributed by atoms with Crippen LogP contribution in [0.25, 0.3) is 31.3 Å². The van der Waals surface area contributed by atoms with Gasteiger partial charge in [-0.3, -0.25) is 0 Å². The number of unbranched alkanes of at least 4 members (excludes halogenated alkanes) is 5. The average Bonchev–Trinajstić information content (AvgIpc) is 3.40. The van der Waals surface area contributed by atoms with Crippen molar-refractivity contribution in [2.45, 2.75) is 51.9 Å². The van der Waals surface area contributed by atoms with Crippen molar-refractivity contribution in [2.24, 2.45) is 0 Å². The van der Waals surface area contributed by atoms with Crippen molar-refractivity contribution in [2.75, 3.05) is 0 Å². The van der Waals surface area contributed by atoms with Gasteiger partial charge in [0.25, 0.3) is 0 Å². The largest absolute Gasteiger partial charge is 0.506 e. The molecule has 0 spiro atoms. The zero-order valence-corrected chi connectivity index (χ0v) is 23.9. The quantitative estimate of drug-likeness (QED) is 0.173. The van der Waals surface area contributed by atoms with E-state index in [-0.39, 0.29) is 5.75 Å². The normalized spacial score (nSPS) is 11.3. The first kappa shape index (κ1) is 25.5. The summed E-state index contributed by atoms with van der Waals surface area (Å²) in [6, 6.07) is 17.9. The number of thiophene rings is 2. The molecule has 2 heterocycles. The molecule has 0 saturated heterocycles. The molecule has 178 valence electrons. The Morgan fingerprint density at radius 1 is 0.706 bits per heavy atom. The molecule has 0 atom stereocenters. The number of hydrogen-bond donors (Lipinski definition) is 2. The van der Waals surface area contributed by atoms with E-state index in [2.05, 4.69) is 38.8 Å². The minimum atomic E-state index is 0.268. The maximum Gasteiger partial charge on any atom is 0.134 e. The van der Waals surface area contributed by atoms with E-state index in [9.17, 15) is 10.2 Å². The molecule has 0 saturated carbocycles. The van der Waals surface area contributed by atoms with Crippen molar-refractivity contribution in [3.05, 3.63) is 68.4 Å². The molecule has 0 aliphatic heterocycles. The summed E-state index contributed by atoms with van der Waals surface area (Å²) < 4.78 is 1.77. The Balaban J connectivity index is 1.55. The zero-order valence-electron chi connectivity index (χ0n) is 19.1. The highest BCUT2D eigenvalue weighted by Crippen LogP contribution is 2.49. The van der Waals surface area contributed by atoms with Gasteiger partial charge in [-0.2, -0.15) is 0 Å². The lowest BCUT2D eigenvalue weighted by atomic mass is 10.1. The van der Waals surface area contributed by atoms with E-state index in [0.717, 1.165) is 53.1 Å². The van der Waals surface area contributed by atoms with Crippen molar-refractivity contribution in [1.82, 2.24) is 0 Å². The van der Waals surface area contributed by atoms with Gasteiger partial charge in [-0.1, -0.05) is 101 Å². The Hall–Kier alpha value is -1.60. The number of halogens is 2. The Morgan fingerprint density at radius 3 is 1.97 bits per heavy atom. The number of rotatable bonds is 10. The molecular weight excluding hydrogens is 592 g/mol. The number of hydrogen-bond acceptors (Lipinski definition) is 4. The number of aryl methyl sites for hydroxylation is 1. The van der Waals surface area contributed by atoms with E-state index in [1.807, 2.05) is 54.6 Å². The molecule has 4 rings (SSSR count). The van der Waals surface area contributed by atoms with Gasteiger partial charge >= 0.3 is 0 Å². The lowest BCUT2D eigenvalue weighted by Gasteiger charge is -2.09. The second kappa shape index (κ2) is 11.9. The van der Waals surface area contributed by atoms with Crippen molar-refractivity contribution in [3.63, 3.8) is 0 Å². The van der Waals surface area contributed by atoms with Gasteiger partial charge in [0.15, 0.2) is 0 Å². The standard InChI is InChI=1S/C28H28Br2O2S2/c1-2-3-4-5-6-10-13-19-14-24(31)27(33-19)20-15-23(30)21(16-22(20)29)28-25(32)17-26(34-28)18-11-8-7-9-12-18/h7-9,11-12,14-17,31-32H,2-6,10,13H2,1H3. The maximum absolute atomic E-state index is 10.7. The summed E-state index contributed by atoms with van der Waals surface area (Å²) in [5.41, 5.74) is 2.96. The molecule has 4 aromatic rings. The molecule has 2 aromatic carbocycles. The smallest absolute Gasteiger partial charge is 0.134 e. The van der Waals surface area contributed by atoms with Gasteiger partial charge in [-0.25, -0.2) is 0 Å². The molecule has 2 aromatic heterocycles. The Morgan fingerprint density at radius 2 is 1.29 bits per heavy atom. The van der Waals surface area contributed by atoms with Crippen LogP contribution >= 0.6 is 54.5 Å². The van der Waals surface area contributed by atoms with Gasteiger partial charge < -0.3 is 10.2 Å². The summed E-state index contributed by atoms with van der Waals surface area (Å²) in [6.45, 7) is 2.24. The molecule has 0 unspecified atom stereocenters. The molecule has 6 heteroatoms. The average molecular weight is 620 g/mol. The highest BCUT2D eigenvalue weighted by atomic mass is 79.9. The first-order chi connectivity index (χ1) is 16.5. The predicted octanol–water partition coefficient (Wildman–Crippen LogP) is 10.6. The van der Waals surface area contributed by atoms with Gasteiger partial charge in [0.05, 0.1) is 9.75 Å². The van der Waals surface area contributed by atoms with Crippen molar-refractivity contribution < 1.29 is 10.2 Å². The highest BCUT2D eigenvalue weighted by molar-refractivity contribution is 9.11. The van der Waals surface area contributed by atoms with Crippen LogP contribution in [0.15, 0.2) is 63.5 Å². The van der Waals surface area contributed by atoms with Gasteiger partial charge in [0.1, 0.15) is 11.5 Å². The van der Waals surface area contributed by atoms with Crippen molar-refractivity contribution in [1.29, 1.82) is 0 Å². The summed E-state index contributed by atoms with van der Waals surface area (Å²) >= 11 is 10.7. The summed E-state index contributed by atoms with van der Waals surface area (Å²) in [7, 11) is 0. The third-order valence-electron chi connectivity index (χ3n) is 5.86. The third-order valence-corrected chi connectivity index (χ3v) is 9.59. The lowest BCUT2D eigenvalue weighted by molar-refractivity contribution is 0.478. The van der Waals surface area contributed by atoms with Crippen LogP contribution in [-0.2, 0) is 6.42 Å². The van der Waals surface area contributed by atoms with Gasteiger partial charge in [-0.05, 0) is 42.7 Å². The van der Waals surface area contributed by atoms with Crippen LogP contribution in [0.5, 0.6) is 11.5 Å². The zero-order chi connectivity index (χ0) is 24.1. The van der Waals surface area contributed by atoms with E-state index in [0.29, 0.717) is 5.75 Å². The van der Waals surface area contributed by atoms with Gasteiger partial charge in [0, 0.05) is 29.8 Å². The van der Waals surface area contributed by atoms with Gasteiger partial charge in [0.2, 0.25) is 0 Å². The Labute approximate surface area is 226 Å². The second-order valence-electron chi connectivity index (χ2n) is 8.45. The van der Waals surface area contributed by atoms with Crippen LogP contribution in [0.1, 0.15) is 50.3 Å². The van der Waals surface area contributed by atoms with Crippen molar-refractivity contribution in [3.8, 4) is 42.8 Å². The molecule has 0 fully saturated rings. The summed E-state index contributed by atoms with van der Waals surface area (Å²) in [5.74, 6) is 0.598. The molecule has 0 amide bonds. The van der Waals surface area contributed by atoms with Crippen LogP contribution in [0, 0.1) is 0 Å². The van der Waals surface area contributed by atoms with Crippen LogP contribution < -0.4 is 0 Å². The predicted molar refractivity (Wildman–Crippen MR) is 154 cm³/mol. The molecule has 2 nitrogen and oxygen atoms in total. The molecule has 0 aliphatic carbocycles. The van der Waals surface area contributed by atoms with Crippen LogP contribution in [0.4, 0.5) is 0 Å². The van der Waals surface area contributed by atoms with Crippen molar-refractivity contribution >= 4 is 54.5 Å². The lowest BCUT2D eigenvalue weighted by Crippen LogP contribution is -1.83. The second-order valence-corrected chi connectivity index (χ2v) is 12.3. The van der Waals surface area contributed by atoms with E-state index in [1.54, 1.807) is 22.7 Å². The fourth-order valence-electron chi connectivity index (χ4n) is 4.04. The number of aromatic hydroxyl groups is 2. The summed E-state index contributed by atoms with van der Waals surface area (Å²) in [5, 5.41) is 21.4. The Bertz CT molecular complexity index is 1250. The van der Waals surface area contributed by atoms with E-state index < -0.39 is 0 Å². The van der Waals surface area contributed by atoms with Crippen LogP contribution in [-0.4, -0.2) is 10.2 Å². The molecule has 0 aliphatic rings. The van der Waals surface area contributed by atoms with E-state index in [4.69, 9.17) is 0 Å². The van der Waals surface area contributed by atoms with E-state index in [1.165, 1.54) is 37.0 Å².